The first-order valence-corrected chi connectivity index (χ1v) is 7.90. The first-order chi connectivity index (χ1) is 11.7. The highest BCUT2D eigenvalue weighted by molar-refractivity contribution is 6.33. The first-order valence-electron chi connectivity index (χ1n) is 7.90. The highest BCUT2D eigenvalue weighted by Gasteiger charge is 2.18. The van der Waals surface area contributed by atoms with Crippen LogP contribution in [0.15, 0.2) is 60.7 Å². The molecule has 0 atom stereocenters. The molecule has 0 saturated heterocycles. The number of hydrogen-bond donors (Lipinski definition) is 0. The van der Waals surface area contributed by atoms with Gasteiger partial charge in [-0.1, -0.05) is 42.5 Å². The molecule has 24 heavy (non-hydrogen) atoms. The number of non-ortho nitro benzene ring substituents is 1. The number of aryl methyl sites for hydroxylation is 1. The Kier molecular flexibility index (Phi) is 2.44. The molecule has 0 fully saturated rings. The Morgan fingerprint density at radius 2 is 1.17 bits per heavy atom. The van der Waals surface area contributed by atoms with Crippen LogP contribution in [0.1, 0.15) is 5.56 Å². The maximum atomic E-state index is 11.4. The summed E-state index contributed by atoms with van der Waals surface area (Å²) in [5.74, 6) is 0. The summed E-state index contributed by atoms with van der Waals surface area (Å²) in [6.07, 6.45) is 0. The van der Waals surface area contributed by atoms with Gasteiger partial charge in [-0.25, -0.2) is 0 Å². The summed E-state index contributed by atoms with van der Waals surface area (Å²) in [6.45, 7) is 2.12. The second-order valence-electron chi connectivity index (χ2n) is 6.28. The fourth-order valence-electron chi connectivity index (χ4n) is 4.00. The average molecular weight is 311 g/mol. The maximum Gasteiger partial charge on any atom is 0.277 e. The Bertz CT molecular complexity index is 1270. The van der Waals surface area contributed by atoms with Gasteiger partial charge in [0.1, 0.15) is 0 Å². The minimum atomic E-state index is -0.297. The first kappa shape index (κ1) is 13.3. The van der Waals surface area contributed by atoms with E-state index in [0.717, 1.165) is 26.9 Å². The molecule has 0 heterocycles. The molecule has 3 nitrogen and oxygen atoms in total. The second-order valence-corrected chi connectivity index (χ2v) is 6.28. The molecule has 0 N–H and O–H groups in total. The molecule has 5 aromatic carbocycles. The van der Waals surface area contributed by atoms with E-state index in [4.69, 9.17) is 0 Å². The van der Waals surface area contributed by atoms with Gasteiger partial charge in [-0.05, 0) is 56.9 Å². The summed E-state index contributed by atoms with van der Waals surface area (Å²) in [5.41, 5.74) is 1.41. The van der Waals surface area contributed by atoms with Crippen LogP contribution in [0.25, 0.3) is 43.1 Å². The summed E-state index contributed by atoms with van der Waals surface area (Å²) >= 11 is 0. The molecule has 0 radical (unpaired) electrons. The zero-order valence-electron chi connectivity index (χ0n) is 13.0. The Morgan fingerprint density at radius 3 is 1.83 bits per heavy atom. The van der Waals surface area contributed by atoms with Gasteiger partial charge < -0.3 is 0 Å². The lowest BCUT2D eigenvalue weighted by Crippen LogP contribution is -1.92. The molecule has 0 saturated carbocycles. The minimum Gasteiger partial charge on any atom is -0.258 e. The monoisotopic (exact) mass is 311 g/mol. The van der Waals surface area contributed by atoms with Gasteiger partial charge in [0.05, 0.1) is 10.3 Å². The van der Waals surface area contributed by atoms with Gasteiger partial charge in [0.15, 0.2) is 0 Å². The highest BCUT2D eigenvalue weighted by atomic mass is 16.6. The lowest BCUT2D eigenvalue weighted by Gasteiger charge is -2.15. The van der Waals surface area contributed by atoms with Crippen molar-refractivity contribution in [2.24, 2.45) is 0 Å². The van der Waals surface area contributed by atoms with E-state index in [-0.39, 0.29) is 10.6 Å². The van der Waals surface area contributed by atoms with Gasteiger partial charge in [-0.15, -0.1) is 0 Å². The number of nitrogens with zero attached hydrogens (tertiary/aromatic N) is 1. The summed E-state index contributed by atoms with van der Waals surface area (Å²) in [5, 5.41) is 20.1. The molecule has 0 amide bonds. The van der Waals surface area contributed by atoms with E-state index in [1.807, 2.05) is 18.2 Å². The van der Waals surface area contributed by atoms with Crippen LogP contribution >= 0.6 is 0 Å². The predicted octanol–water partition coefficient (Wildman–Crippen LogP) is 5.95. The van der Waals surface area contributed by atoms with Crippen molar-refractivity contribution in [3.63, 3.8) is 0 Å². The van der Waals surface area contributed by atoms with Crippen molar-refractivity contribution < 1.29 is 4.92 Å². The zero-order valence-corrected chi connectivity index (χ0v) is 13.0. The van der Waals surface area contributed by atoms with E-state index in [0.29, 0.717) is 5.39 Å². The number of hydrogen-bond acceptors (Lipinski definition) is 2. The molecule has 0 aromatic heterocycles. The number of benzene rings is 5. The van der Waals surface area contributed by atoms with Crippen LogP contribution in [0.2, 0.25) is 0 Å². The summed E-state index contributed by atoms with van der Waals surface area (Å²) in [6, 6.07) is 19.9. The Balaban J connectivity index is 2.20. The van der Waals surface area contributed by atoms with Crippen molar-refractivity contribution in [1.82, 2.24) is 0 Å². The van der Waals surface area contributed by atoms with E-state index >= 15 is 0 Å². The quantitative estimate of drug-likeness (QED) is 0.166. The zero-order chi connectivity index (χ0) is 16.4. The fraction of sp³-hybridized carbons (Fsp3) is 0.0476. The van der Waals surface area contributed by atoms with Crippen LogP contribution < -0.4 is 0 Å². The van der Waals surface area contributed by atoms with Crippen molar-refractivity contribution in [1.29, 1.82) is 0 Å². The van der Waals surface area contributed by atoms with Crippen molar-refractivity contribution in [2.45, 2.75) is 6.92 Å². The van der Waals surface area contributed by atoms with Crippen LogP contribution in [0, 0.1) is 17.0 Å². The third-order valence-electron chi connectivity index (χ3n) is 5.05. The van der Waals surface area contributed by atoms with Crippen LogP contribution in [0.4, 0.5) is 5.69 Å². The fourth-order valence-corrected chi connectivity index (χ4v) is 4.00. The van der Waals surface area contributed by atoms with Gasteiger partial charge in [-0.3, -0.25) is 10.1 Å². The standard InChI is InChI=1S/C21H13NO2/c1-12-8-9-16-15-6-3-7-18-19(22(23)24)11-10-17(21(15)18)14-5-2-4-13(12)20(14)16/h2-11H,1H3. The highest BCUT2D eigenvalue weighted by Crippen LogP contribution is 2.42. The molecule has 0 unspecified atom stereocenters. The van der Waals surface area contributed by atoms with Gasteiger partial charge in [0.25, 0.3) is 5.69 Å². The third kappa shape index (κ3) is 1.51. The van der Waals surface area contributed by atoms with E-state index in [2.05, 4.69) is 43.3 Å². The molecular formula is C21H13NO2. The van der Waals surface area contributed by atoms with Crippen molar-refractivity contribution in [2.75, 3.05) is 0 Å². The van der Waals surface area contributed by atoms with Gasteiger partial charge in [-0.2, -0.15) is 0 Å². The second kappa shape index (κ2) is 4.42. The van der Waals surface area contributed by atoms with E-state index in [1.54, 1.807) is 6.07 Å². The lowest BCUT2D eigenvalue weighted by atomic mass is 9.88. The molecule has 0 aliphatic rings. The van der Waals surface area contributed by atoms with E-state index in [9.17, 15) is 10.1 Å². The van der Waals surface area contributed by atoms with Crippen molar-refractivity contribution in [3.8, 4) is 0 Å². The normalized spacial score (nSPS) is 11.9. The smallest absolute Gasteiger partial charge is 0.258 e. The molecule has 0 bridgehead atoms. The van der Waals surface area contributed by atoms with Crippen LogP contribution in [0.3, 0.4) is 0 Å². The number of nitro groups is 1. The summed E-state index contributed by atoms with van der Waals surface area (Å²) < 4.78 is 0. The molecule has 0 spiro atoms. The lowest BCUT2D eigenvalue weighted by molar-refractivity contribution is -0.383. The van der Waals surface area contributed by atoms with Gasteiger partial charge >= 0.3 is 0 Å². The molecule has 0 aliphatic heterocycles. The Hall–Kier alpha value is -3.20. The van der Waals surface area contributed by atoms with Crippen LogP contribution in [-0.2, 0) is 0 Å². The van der Waals surface area contributed by atoms with Crippen LogP contribution in [-0.4, -0.2) is 4.92 Å². The predicted molar refractivity (Wildman–Crippen MR) is 99.0 cm³/mol. The maximum absolute atomic E-state index is 11.4. The SMILES string of the molecule is Cc1ccc2c3cccc4c([N+](=O)[O-])ccc(c5cccc1c25)c43. The Labute approximate surface area is 137 Å². The average Bonchev–Trinajstić information content (AvgIpc) is 2.60. The van der Waals surface area contributed by atoms with E-state index < -0.39 is 0 Å². The summed E-state index contributed by atoms with van der Waals surface area (Å²) in [7, 11) is 0. The molecule has 5 aromatic rings. The largest absolute Gasteiger partial charge is 0.277 e. The molecule has 3 heteroatoms. The van der Waals surface area contributed by atoms with Crippen molar-refractivity contribution in [3.05, 3.63) is 76.3 Å². The molecule has 114 valence electrons. The van der Waals surface area contributed by atoms with Gasteiger partial charge in [0, 0.05) is 11.5 Å². The van der Waals surface area contributed by atoms with Gasteiger partial charge in [0.2, 0.25) is 0 Å². The molecule has 0 aliphatic carbocycles. The topological polar surface area (TPSA) is 43.1 Å². The molecular weight excluding hydrogens is 298 g/mol. The van der Waals surface area contributed by atoms with E-state index in [1.165, 1.54) is 16.3 Å². The number of fused-ring (bicyclic) bond motifs is 2. The third-order valence-corrected chi connectivity index (χ3v) is 5.05. The number of nitro benzene ring substituents is 1. The Morgan fingerprint density at radius 1 is 0.667 bits per heavy atom. The van der Waals surface area contributed by atoms with Crippen LogP contribution in [0.5, 0.6) is 0 Å². The minimum absolute atomic E-state index is 0.165. The summed E-state index contributed by atoms with van der Waals surface area (Å²) in [4.78, 5) is 11.1. The van der Waals surface area contributed by atoms with Crippen molar-refractivity contribution >= 4 is 48.8 Å². The number of rotatable bonds is 1. The molecule has 5 rings (SSSR count).